The molecular weight excluding hydrogens is 272 g/mol. The fourth-order valence-electron chi connectivity index (χ4n) is 2.61. The van der Waals surface area contributed by atoms with Crippen LogP contribution in [-0.4, -0.2) is 14.5 Å². The molecule has 0 heterocycles. The van der Waals surface area contributed by atoms with Crippen molar-refractivity contribution in [2.75, 3.05) is 5.73 Å². The summed E-state index contributed by atoms with van der Waals surface area (Å²) in [6.45, 7) is 2.08. The Morgan fingerprint density at radius 2 is 2.10 bits per heavy atom. The maximum atomic E-state index is 12.5. The second-order valence-electron chi connectivity index (χ2n) is 5.37. The first-order valence-corrected chi connectivity index (χ1v) is 8.30. The Kier molecular flexibility index (Phi) is 3.18. The van der Waals surface area contributed by atoms with Crippen LogP contribution < -0.4 is 10.5 Å². The number of nitrogens with two attached hydrogens (primary N) is 1. The average molecular weight is 290 g/mol. The van der Waals surface area contributed by atoms with Gasteiger partial charge in [0.25, 0.3) is 0 Å². The quantitative estimate of drug-likeness (QED) is 0.850. The zero-order valence-corrected chi connectivity index (χ0v) is 12.2. The van der Waals surface area contributed by atoms with Crippen molar-refractivity contribution in [1.82, 2.24) is 4.72 Å². The Morgan fingerprint density at radius 1 is 1.30 bits per heavy atom. The highest BCUT2D eigenvalue weighted by Crippen LogP contribution is 2.35. The standard InChI is InChI=1S/C15H18N2O2S/c1-2-10-9-14(10)17-20(18,19)15-5-3-4-11-8-12(16)6-7-13(11)15/h3-8,10,14,17H,2,9,16H2,1H3. The van der Waals surface area contributed by atoms with E-state index in [-0.39, 0.29) is 6.04 Å². The maximum Gasteiger partial charge on any atom is 0.241 e. The lowest BCUT2D eigenvalue weighted by Crippen LogP contribution is -2.27. The second-order valence-corrected chi connectivity index (χ2v) is 7.05. The molecule has 0 bridgehead atoms. The van der Waals surface area contributed by atoms with Crippen molar-refractivity contribution in [3.63, 3.8) is 0 Å². The van der Waals surface area contributed by atoms with Crippen molar-refractivity contribution in [3.05, 3.63) is 36.4 Å². The van der Waals surface area contributed by atoms with Gasteiger partial charge in [0.05, 0.1) is 4.90 Å². The van der Waals surface area contributed by atoms with E-state index in [4.69, 9.17) is 5.73 Å². The van der Waals surface area contributed by atoms with Gasteiger partial charge in [-0.05, 0) is 35.9 Å². The summed E-state index contributed by atoms with van der Waals surface area (Å²) < 4.78 is 27.8. The molecule has 2 atom stereocenters. The van der Waals surface area contributed by atoms with Gasteiger partial charge in [-0.15, -0.1) is 0 Å². The highest BCUT2D eigenvalue weighted by Gasteiger charge is 2.38. The van der Waals surface area contributed by atoms with Crippen LogP contribution in [0.4, 0.5) is 5.69 Å². The molecule has 2 aromatic carbocycles. The highest BCUT2D eigenvalue weighted by molar-refractivity contribution is 7.89. The van der Waals surface area contributed by atoms with Gasteiger partial charge in [0, 0.05) is 17.1 Å². The van der Waals surface area contributed by atoms with Gasteiger partial charge >= 0.3 is 0 Å². The molecule has 5 heteroatoms. The number of nitrogen functional groups attached to an aromatic ring is 1. The Labute approximate surface area is 119 Å². The minimum Gasteiger partial charge on any atom is -0.399 e. The number of fused-ring (bicyclic) bond motifs is 1. The second kappa shape index (κ2) is 4.75. The molecule has 3 rings (SSSR count). The minimum atomic E-state index is -3.47. The summed E-state index contributed by atoms with van der Waals surface area (Å²) in [6.07, 6.45) is 1.95. The van der Waals surface area contributed by atoms with Gasteiger partial charge in [-0.2, -0.15) is 0 Å². The summed E-state index contributed by atoms with van der Waals surface area (Å²) in [4.78, 5) is 0.330. The van der Waals surface area contributed by atoms with Crippen LogP contribution in [-0.2, 0) is 10.0 Å². The minimum absolute atomic E-state index is 0.0917. The first-order chi connectivity index (χ1) is 9.51. The summed E-state index contributed by atoms with van der Waals surface area (Å²) in [5.74, 6) is 0.482. The lowest BCUT2D eigenvalue weighted by atomic mass is 10.1. The predicted octanol–water partition coefficient (Wildman–Crippen LogP) is 2.50. The first-order valence-electron chi connectivity index (χ1n) is 6.82. The lowest BCUT2D eigenvalue weighted by Gasteiger charge is -2.10. The molecule has 0 amide bonds. The van der Waals surface area contributed by atoms with Crippen molar-refractivity contribution >= 4 is 26.5 Å². The summed E-state index contributed by atoms with van der Waals surface area (Å²) in [7, 11) is -3.47. The Bertz CT molecular complexity index is 756. The van der Waals surface area contributed by atoms with Gasteiger partial charge < -0.3 is 5.73 Å². The van der Waals surface area contributed by atoms with E-state index in [9.17, 15) is 8.42 Å². The monoisotopic (exact) mass is 290 g/mol. The van der Waals surface area contributed by atoms with Crippen LogP contribution in [0, 0.1) is 5.92 Å². The smallest absolute Gasteiger partial charge is 0.241 e. The van der Waals surface area contributed by atoms with E-state index in [2.05, 4.69) is 11.6 Å². The van der Waals surface area contributed by atoms with E-state index in [1.165, 1.54) is 0 Å². The Morgan fingerprint density at radius 3 is 2.80 bits per heavy atom. The molecule has 2 aromatic rings. The molecule has 0 spiro atoms. The van der Waals surface area contributed by atoms with E-state index >= 15 is 0 Å². The molecule has 1 aliphatic carbocycles. The number of nitrogens with one attached hydrogen (secondary N) is 1. The van der Waals surface area contributed by atoms with Crippen molar-refractivity contribution in [2.45, 2.75) is 30.7 Å². The number of hydrogen-bond acceptors (Lipinski definition) is 3. The molecule has 0 aliphatic heterocycles. The van der Waals surface area contributed by atoms with Gasteiger partial charge in [0.2, 0.25) is 10.0 Å². The normalized spacial score (nSPS) is 22.1. The van der Waals surface area contributed by atoms with Crippen molar-refractivity contribution < 1.29 is 8.42 Å². The Hall–Kier alpha value is -1.59. The number of anilines is 1. The highest BCUT2D eigenvalue weighted by atomic mass is 32.2. The predicted molar refractivity (Wildman–Crippen MR) is 80.9 cm³/mol. The van der Waals surface area contributed by atoms with Gasteiger partial charge in [-0.25, -0.2) is 13.1 Å². The van der Waals surface area contributed by atoms with Gasteiger partial charge in [-0.1, -0.05) is 31.5 Å². The molecular formula is C15H18N2O2S. The van der Waals surface area contributed by atoms with Crippen molar-refractivity contribution in [1.29, 1.82) is 0 Å². The number of benzene rings is 2. The van der Waals surface area contributed by atoms with E-state index in [1.807, 2.05) is 6.07 Å². The van der Waals surface area contributed by atoms with Crippen LogP contribution >= 0.6 is 0 Å². The Balaban J connectivity index is 2.01. The van der Waals surface area contributed by atoms with E-state index < -0.39 is 10.0 Å². The first kappa shape index (κ1) is 13.4. The maximum absolute atomic E-state index is 12.5. The molecule has 1 saturated carbocycles. The van der Waals surface area contributed by atoms with Crippen molar-refractivity contribution in [3.8, 4) is 0 Å². The molecule has 0 saturated heterocycles. The fourth-order valence-corrected chi connectivity index (χ4v) is 4.16. The largest absolute Gasteiger partial charge is 0.399 e. The van der Waals surface area contributed by atoms with Gasteiger partial charge in [0.1, 0.15) is 0 Å². The van der Waals surface area contributed by atoms with Crippen LogP contribution in [0.3, 0.4) is 0 Å². The fraction of sp³-hybridized carbons (Fsp3) is 0.333. The topological polar surface area (TPSA) is 72.2 Å². The SMILES string of the molecule is CCC1CC1NS(=O)(=O)c1cccc2cc(N)ccc12. The van der Waals surface area contributed by atoms with Gasteiger partial charge in [-0.3, -0.25) is 0 Å². The molecule has 3 N–H and O–H groups in total. The van der Waals surface area contributed by atoms with Crippen LogP contribution in [0.25, 0.3) is 10.8 Å². The van der Waals surface area contributed by atoms with Gasteiger partial charge in [0.15, 0.2) is 0 Å². The van der Waals surface area contributed by atoms with E-state index in [1.54, 1.807) is 30.3 Å². The molecule has 106 valence electrons. The average Bonchev–Trinajstić information content (AvgIpc) is 3.15. The van der Waals surface area contributed by atoms with Crippen LogP contribution in [0.1, 0.15) is 19.8 Å². The van der Waals surface area contributed by atoms with E-state index in [0.29, 0.717) is 21.9 Å². The summed E-state index contributed by atoms with van der Waals surface area (Å²) in [5, 5.41) is 1.55. The van der Waals surface area contributed by atoms with Crippen molar-refractivity contribution in [2.24, 2.45) is 5.92 Å². The van der Waals surface area contributed by atoms with Crippen LogP contribution in [0.5, 0.6) is 0 Å². The summed E-state index contributed by atoms with van der Waals surface area (Å²) in [6, 6.07) is 10.6. The third-order valence-electron chi connectivity index (χ3n) is 3.91. The molecule has 0 radical (unpaired) electrons. The van der Waals surface area contributed by atoms with Crippen LogP contribution in [0.2, 0.25) is 0 Å². The third-order valence-corrected chi connectivity index (χ3v) is 5.46. The number of hydrogen-bond donors (Lipinski definition) is 2. The molecule has 4 nitrogen and oxygen atoms in total. The van der Waals surface area contributed by atoms with Crippen LogP contribution in [0.15, 0.2) is 41.3 Å². The third kappa shape index (κ3) is 2.39. The zero-order valence-electron chi connectivity index (χ0n) is 11.3. The molecule has 0 aromatic heterocycles. The zero-order chi connectivity index (χ0) is 14.3. The molecule has 1 fully saturated rings. The van der Waals surface area contributed by atoms with E-state index in [0.717, 1.165) is 18.2 Å². The molecule has 1 aliphatic rings. The lowest BCUT2D eigenvalue weighted by molar-refractivity contribution is 0.577. The molecule has 2 unspecified atom stereocenters. The molecule has 20 heavy (non-hydrogen) atoms. The number of rotatable bonds is 4. The number of sulfonamides is 1. The summed E-state index contributed by atoms with van der Waals surface area (Å²) >= 11 is 0. The summed E-state index contributed by atoms with van der Waals surface area (Å²) in [5.41, 5.74) is 6.38.